The van der Waals surface area contributed by atoms with Gasteiger partial charge in [-0.3, -0.25) is 14.8 Å². The Morgan fingerprint density at radius 3 is 2.60 bits per heavy atom. The van der Waals surface area contributed by atoms with Gasteiger partial charge in [-0.25, -0.2) is 4.98 Å². The standard InChI is InChI=1S/C14H10N4O2/c15-14(20)12-11(19)2-1-9-13(12)17-7-10(18-9)8-3-5-16-6-4-8/h1-7,19H,(H2,15,20). The fourth-order valence-electron chi connectivity index (χ4n) is 1.98. The molecule has 2 aromatic heterocycles. The minimum atomic E-state index is -0.737. The van der Waals surface area contributed by atoms with Crippen LogP contribution in [0.1, 0.15) is 10.4 Å². The van der Waals surface area contributed by atoms with Gasteiger partial charge in [0.1, 0.15) is 16.8 Å². The smallest absolute Gasteiger partial charge is 0.254 e. The Balaban J connectivity index is 2.24. The van der Waals surface area contributed by atoms with Crippen LogP contribution < -0.4 is 5.73 Å². The molecule has 6 nitrogen and oxygen atoms in total. The largest absolute Gasteiger partial charge is 0.507 e. The molecule has 20 heavy (non-hydrogen) atoms. The first-order valence-electron chi connectivity index (χ1n) is 5.86. The number of carbonyl (C=O) groups excluding carboxylic acids is 1. The molecule has 0 fully saturated rings. The summed E-state index contributed by atoms with van der Waals surface area (Å²) in [6.07, 6.45) is 4.85. The highest BCUT2D eigenvalue weighted by atomic mass is 16.3. The van der Waals surface area contributed by atoms with Gasteiger partial charge >= 0.3 is 0 Å². The maximum Gasteiger partial charge on any atom is 0.254 e. The molecule has 3 aromatic rings. The molecule has 0 bridgehead atoms. The van der Waals surface area contributed by atoms with Crippen LogP contribution in [-0.2, 0) is 0 Å². The number of amides is 1. The number of benzene rings is 1. The lowest BCUT2D eigenvalue weighted by atomic mass is 10.1. The van der Waals surface area contributed by atoms with Crippen LogP contribution in [0.15, 0.2) is 42.9 Å². The van der Waals surface area contributed by atoms with Crippen molar-refractivity contribution in [2.75, 3.05) is 0 Å². The molecular formula is C14H10N4O2. The Labute approximate surface area is 113 Å². The highest BCUT2D eigenvalue weighted by molar-refractivity contribution is 6.06. The van der Waals surface area contributed by atoms with E-state index in [4.69, 9.17) is 5.73 Å². The zero-order valence-corrected chi connectivity index (χ0v) is 10.3. The van der Waals surface area contributed by atoms with Crippen molar-refractivity contribution in [2.45, 2.75) is 0 Å². The van der Waals surface area contributed by atoms with E-state index in [9.17, 15) is 9.90 Å². The fraction of sp³-hybridized carbons (Fsp3) is 0. The van der Waals surface area contributed by atoms with Crippen molar-refractivity contribution in [3.05, 3.63) is 48.4 Å². The Bertz CT molecular complexity index is 803. The predicted molar refractivity (Wildman–Crippen MR) is 73.0 cm³/mol. The van der Waals surface area contributed by atoms with E-state index in [1.54, 1.807) is 18.5 Å². The van der Waals surface area contributed by atoms with Gasteiger partial charge in [-0.2, -0.15) is 0 Å². The molecule has 3 N–H and O–H groups in total. The van der Waals surface area contributed by atoms with Gasteiger partial charge in [-0.05, 0) is 24.3 Å². The highest BCUT2D eigenvalue weighted by Crippen LogP contribution is 2.26. The van der Waals surface area contributed by atoms with Gasteiger partial charge in [-0.1, -0.05) is 0 Å². The number of pyridine rings is 1. The molecule has 0 aliphatic heterocycles. The number of carbonyl (C=O) groups is 1. The van der Waals surface area contributed by atoms with Gasteiger partial charge in [-0.15, -0.1) is 0 Å². The Hall–Kier alpha value is -3.02. The summed E-state index contributed by atoms with van der Waals surface area (Å²) in [6.45, 7) is 0. The van der Waals surface area contributed by atoms with E-state index in [1.807, 2.05) is 12.1 Å². The van der Waals surface area contributed by atoms with E-state index in [1.165, 1.54) is 12.3 Å². The van der Waals surface area contributed by atoms with E-state index < -0.39 is 5.91 Å². The summed E-state index contributed by atoms with van der Waals surface area (Å²) in [5.74, 6) is -0.935. The van der Waals surface area contributed by atoms with Crippen molar-refractivity contribution in [1.29, 1.82) is 0 Å². The molecule has 0 atom stereocenters. The predicted octanol–water partition coefficient (Wildman–Crippen LogP) is 1.50. The molecule has 1 amide bonds. The van der Waals surface area contributed by atoms with Crippen LogP contribution in [0.3, 0.4) is 0 Å². The number of hydrogen-bond donors (Lipinski definition) is 2. The summed E-state index contributed by atoms with van der Waals surface area (Å²) in [5, 5.41) is 9.69. The van der Waals surface area contributed by atoms with Crippen molar-refractivity contribution in [3.8, 4) is 17.0 Å². The lowest BCUT2D eigenvalue weighted by Gasteiger charge is -2.06. The number of primary amides is 1. The molecule has 0 radical (unpaired) electrons. The molecule has 0 aliphatic carbocycles. The highest BCUT2D eigenvalue weighted by Gasteiger charge is 2.15. The third-order valence-corrected chi connectivity index (χ3v) is 2.91. The molecule has 3 rings (SSSR count). The molecule has 6 heteroatoms. The molecule has 1 aromatic carbocycles. The van der Waals surface area contributed by atoms with Crippen molar-refractivity contribution in [2.24, 2.45) is 5.73 Å². The molecule has 0 spiro atoms. The Morgan fingerprint density at radius 1 is 1.15 bits per heavy atom. The molecule has 0 saturated heterocycles. The first-order chi connectivity index (χ1) is 9.66. The fourth-order valence-corrected chi connectivity index (χ4v) is 1.98. The second-order valence-electron chi connectivity index (χ2n) is 4.18. The second kappa shape index (κ2) is 4.58. The van der Waals surface area contributed by atoms with Crippen LogP contribution in [0.2, 0.25) is 0 Å². The number of aromatic hydroxyl groups is 1. The number of hydrogen-bond acceptors (Lipinski definition) is 5. The molecule has 0 unspecified atom stereocenters. The van der Waals surface area contributed by atoms with Crippen LogP contribution in [0.5, 0.6) is 5.75 Å². The summed E-state index contributed by atoms with van der Waals surface area (Å²) < 4.78 is 0. The first kappa shape index (κ1) is 12.0. The van der Waals surface area contributed by atoms with E-state index >= 15 is 0 Å². The average Bonchev–Trinajstić information content (AvgIpc) is 2.47. The maximum absolute atomic E-state index is 11.4. The minimum Gasteiger partial charge on any atom is -0.507 e. The molecule has 0 aliphatic rings. The topological polar surface area (TPSA) is 102 Å². The first-order valence-corrected chi connectivity index (χ1v) is 5.86. The zero-order valence-electron chi connectivity index (χ0n) is 10.3. The van der Waals surface area contributed by atoms with Gasteiger partial charge in [0.05, 0.1) is 17.4 Å². The molecule has 2 heterocycles. The lowest BCUT2D eigenvalue weighted by molar-refractivity contribution is 0.0999. The monoisotopic (exact) mass is 266 g/mol. The van der Waals surface area contributed by atoms with Crippen molar-refractivity contribution in [1.82, 2.24) is 15.0 Å². The van der Waals surface area contributed by atoms with Gasteiger partial charge in [0.15, 0.2) is 0 Å². The summed E-state index contributed by atoms with van der Waals surface area (Å²) in [6, 6.07) is 6.60. The molecule has 98 valence electrons. The summed E-state index contributed by atoms with van der Waals surface area (Å²) in [7, 11) is 0. The van der Waals surface area contributed by atoms with E-state index in [0.29, 0.717) is 11.2 Å². The number of nitrogens with zero attached hydrogens (tertiary/aromatic N) is 3. The van der Waals surface area contributed by atoms with Gasteiger partial charge in [0.2, 0.25) is 0 Å². The SMILES string of the molecule is NC(=O)c1c(O)ccc2nc(-c3ccncc3)cnc12. The lowest BCUT2D eigenvalue weighted by Crippen LogP contribution is -2.12. The summed E-state index contributed by atoms with van der Waals surface area (Å²) in [4.78, 5) is 23.9. The Morgan fingerprint density at radius 2 is 1.90 bits per heavy atom. The second-order valence-corrected chi connectivity index (χ2v) is 4.18. The molecular weight excluding hydrogens is 256 g/mol. The van der Waals surface area contributed by atoms with Crippen LogP contribution in [0, 0.1) is 0 Å². The summed E-state index contributed by atoms with van der Waals surface area (Å²) >= 11 is 0. The van der Waals surface area contributed by atoms with E-state index in [-0.39, 0.29) is 16.8 Å². The zero-order chi connectivity index (χ0) is 14.1. The number of fused-ring (bicyclic) bond motifs is 1. The van der Waals surface area contributed by atoms with Gasteiger partial charge in [0.25, 0.3) is 5.91 Å². The van der Waals surface area contributed by atoms with E-state index in [2.05, 4.69) is 15.0 Å². The summed E-state index contributed by atoms with van der Waals surface area (Å²) in [5.41, 5.74) is 7.53. The maximum atomic E-state index is 11.4. The quantitative estimate of drug-likeness (QED) is 0.731. The van der Waals surface area contributed by atoms with Crippen molar-refractivity contribution in [3.63, 3.8) is 0 Å². The average molecular weight is 266 g/mol. The van der Waals surface area contributed by atoms with Crippen molar-refractivity contribution >= 4 is 16.9 Å². The van der Waals surface area contributed by atoms with Crippen LogP contribution >= 0.6 is 0 Å². The molecule has 0 saturated carbocycles. The third-order valence-electron chi connectivity index (χ3n) is 2.91. The normalized spacial score (nSPS) is 10.6. The third kappa shape index (κ3) is 1.93. The van der Waals surface area contributed by atoms with Crippen LogP contribution in [-0.4, -0.2) is 26.0 Å². The number of rotatable bonds is 2. The van der Waals surface area contributed by atoms with Crippen molar-refractivity contribution < 1.29 is 9.90 Å². The number of nitrogens with two attached hydrogens (primary N) is 1. The van der Waals surface area contributed by atoms with Crippen LogP contribution in [0.4, 0.5) is 0 Å². The van der Waals surface area contributed by atoms with E-state index in [0.717, 1.165) is 5.56 Å². The minimum absolute atomic E-state index is 0.0173. The van der Waals surface area contributed by atoms with Gasteiger partial charge < -0.3 is 10.8 Å². The number of phenols is 1. The van der Waals surface area contributed by atoms with Gasteiger partial charge in [0, 0.05) is 18.0 Å². The van der Waals surface area contributed by atoms with Crippen LogP contribution in [0.25, 0.3) is 22.3 Å². The number of aromatic nitrogens is 3. The Kier molecular flexibility index (Phi) is 2.76.